The molecule has 3 aromatic carbocycles. The molecule has 3 aromatic rings. The van der Waals surface area contributed by atoms with Crippen LogP contribution in [0.15, 0.2) is 71.6 Å². The molecule has 1 N–H and O–H groups in total. The summed E-state index contributed by atoms with van der Waals surface area (Å²) in [6.07, 6.45) is 0. The quantitative estimate of drug-likeness (QED) is 0.686. The van der Waals surface area contributed by atoms with Crippen molar-refractivity contribution in [2.24, 2.45) is 0 Å². The molecule has 27 heavy (non-hydrogen) atoms. The molecular weight excluding hydrogens is 354 g/mol. The zero-order valence-corrected chi connectivity index (χ0v) is 16.2. The molecule has 5 heteroatoms. The van der Waals surface area contributed by atoms with Gasteiger partial charge in [-0.3, -0.25) is 4.79 Å². The Hall–Kier alpha value is -2.34. The minimum Gasteiger partial charge on any atom is -0.321 e. The van der Waals surface area contributed by atoms with Crippen molar-refractivity contribution in [3.05, 3.63) is 72.3 Å². The Balaban J connectivity index is 1.59. The van der Waals surface area contributed by atoms with Gasteiger partial charge >= 0.3 is 0 Å². The number of nitrogens with one attached hydrogen (secondary N) is 1. The monoisotopic (exact) mass is 377 g/mol. The minimum absolute atomic E-state index is 0.0831. The van der Waals surface area contributed by atoms with E-state index in [9.17, 15) is 4.79 Å². The van der Waals surface area contributed by atoms with Gasteiger partial charge in [0.05, 0.1) is 0 Å². The first kappa shape index (κ1) is 18.0. The van der Waals surface area contributed by atoms with Gasteiger partial charge in [0.1, 0.15) is 0 Å². The van der Waals surface area contributed by atoms with Gasteiger partial charge in [-0.1, -0.05) is 42.5 Å². The summed E-state index contributed by atoms with van der Waals surface area (Å²) in [6.45, 7) is 4.30. The highest BCUT2D eigenvalue weighted by atomic mass is 32.2. The number of amides is 1. The van der Waals surface area contributed by atoms with Crippen molar-refractivity contribution in [1.29, 1.82) is 0 Å². The van der Waals surface area contributed by atoms with Crippen LogP contribution in [0.4, 0.5) is 5.69 Å². The molecule has 1 aliphatic rings. The van der Waals surface area contributed by atoms with E-state index in [1.165, 1.54) is 10.3 Å². The van der Waals surface area contributed by atoms with Crippen LogP contribution in [0.1, 0.15) is 10.4 Å². The number of anilines is 1. The zero-order chi connectivity index (χ0) is 18.6. The lowest BCUT2D eigenvalue weighted by molar-refractivity contribution is 0.102. The largest absolute Gasteiger partial charge is 0.321 e. The molecule has 138 valence electrons. The summed E-state index contributed by atoms with van der Waals surface area (Å²) in [5, 5.41) is 5.31. The summed E-state index contributed by atoms with van der Waals surface area (Å²) >= 11 is 1.81. The normalized spacial score (nSPS) is 15.7. The van der Waals surface area contributed by atoms with Gasteiger partial charge in [0.15, 0.2) is 0 Å². The second-order valence-electron chi connectivity index (χ2n) is 6.80. The Bertz CT molecular complexity index is 937. The Labute approximate surface area is 164 Å². The molecule has 0 aromatic heterocycles. The maximum absolute atomic E-state index is 12.6. The molecule has 0 spiro atoms. The number of piperazine rings is 1. The molecule has 4 rings (SSSR count). The number of benzene rings is 3. The molecular formula is C22H23N3OS. The number of likely N-dealkylation sites (N-methyl/N-ethyl adjacent to an activating group) is 1. The summed E-state index contributed by atoms with van der Waals surface area (Å²) in [7, 11) is 2.17. The van der Waals surface area contributed by atoms with E-state index in [1.54, 1.807) is 0 Å². The second-order valence-corrected chi connectivity index (χ2v) is 7.94. The van der Waals surface area contributed by atoms with E-state index in [1.807, 2.05) is 54.4 Å². The summed E-state index contributed by atoms with van der Waals surface area (Å²) < 4.78 is 2.42. The van der Waals surface area contributed by atoms with Crippen LogP contribution in [0.2, 0.25) is 0 Å². The first-order valence-corrected chi connectivity index (χ1v) is 9.98. The number of carbonyl (C=O) groups is 1. The lowest BCUT2D eigenvalue weighted by Crippen LogP contribution is -2.40. The van der Waals surface area contributed by atoms with Gasteiger partial charge in [0.2, 0.25) is 0 Å². The highest BCUT2D eigenvalue weighted by molar-refractivity contribution is 7.97. The molecule has 4 nitrogen and oxygen atoms in total. The van der Waals surface area contributed by atoms with Crippen LogP contribution in [0.25, 0.3) is 10.8 Å². The standard InChI is InChI=1S/C22H23N3OS/c1-24-13-15-25(16-14-24)27-21-12-11-20(18-9-5-6-10-19(18)21)23-22(26)17-7-3-2-4-8-17/h2-12H,13-16H2,1H3,(H,23,26). The number of hydrogen-bond donors (Lipinski definition) is 1. The average Bonchev–Trinajstić information content (AvgIpc) is 2.72. The van der Waals surface area contributed by atoms with Crippen molar-refractivity contribution in [3.8, 4) is 0 Å². The van der Waals surface area contributed by atoms with Crippen molar-refractivity contribution >= 4 is 34.3 Å². The maximum atomic E-state index is 12.6. The molecule has 1 heterocycles. The van der Waals surface area contributed by atoms with Crippen LogP contribution in [-0.2, 0) is 0 Å². The number of hydrogen-bond acceptors (Lipinski definition) is 4. The van der Waals surface area contributed by atoms with E-state index in [4.69, 9.17) is 0 Å². The van der Waals surface area contributed by atoms with Gasteiger partial charge in [-0.25, -0.2) is 4.31 Å². The van der Waals surface area contributed by atoms with Crippen LogP contribution in [0.5, 0.6) is 0 Å². The first-order valence-electron chi connectivity index (χ1n) is 9.20. The van der Waals surface area contributed by atoms with Crippen molar-refractivity contribution in [2.75, 3.05) is 38.5 Å². The fourth-order valence-electron chi connectivity index (χ4n) is 3.26. The van der Waals surface area contributed by atoms with Crippen LogP contribution < -0.4 is 5.32 Å². The summed E-state index contributed by atoms with van der Waals surface area (Å²) in [6, 6.07) is 21.7. The highest BCUT2D eigenvalue weighted by Gasteiger charge is 2.17. The first-order chi connectivity index (χ1) is 13.2. The lowest BCUT2D eigenvalue weighted by atomic mass is 10.1. The molecule has 0 saturated carbocycles. The third-order valence-corrected chi connectivity index (χ3v) is 6.03. The van der Waals surface area contributed by atoms with Gasteiger partial charge in [-0.2, -0.15) is 0 Å². The van der Waals surface area contributed by atoms with Gasteiger partial charge in [0, 0.05) is 47.7 Å². The molecule has 0 bridgehead atoms. The van der Waals surface area contributed by atoms with Gasteiger partial charge < -0.3 is 10.2 Å². The van der Waals surface area contributed by atoms with E-state index in [0.717, 1.165) is 37.3 Å². The van der Waals surface area contributed by atoms with Crippen LogP contribution in [-0.4, -0.2) is 48.3 Å². The molecule has 0 atom stereocenters. The van der Waals surface area contributed by atoms with Crippen molar-refractivity contribution in [1.82, 2.24) is 9.21 Å². The highest BCUT2D eigenvalue weighted by Crippen LogP contribution is 2.34. The third kappa shape index (κ3) is 4.16. The Morgan fingerprint density at radius 1 is 0.852 bits per heavy atom. The zero-order valence-electron chi connectivity index (χ0n) is 15.4. The Morgan fingerprint density at radius 2 is 1.52 bits per heavy atom. The third-order valence-electron chi connectivity index (χ3n) is 4.86. The predicted octanol–water partition coefficient (Wildman–Crippen LogP) is 4.35. The fraction of sp³-hybridized carbons (Fsp3) is 0.227. The smallest absolute Gasteiger partial charge is 0.255 e. The molecule has 1 fully saturated rings. The molecule has 1 aliphatic heterocycles. The van der Waals surface area contributed by atoms with Crippen molar-refractivity contribution < 1.29 is 4.79 Å². The maximum Gasteiger partial charge on any atom is 0.255 e. The number of nitrogens with zero attached hydrogens (tertiary/aromatic N) is 2. The Morgan fingerprint density at radius 3 is 2.26 bits per heavy atom. The fourth-order valence-corrected chi connectivity index (χ4v) is 4.29. The molecule has 1 saturated heterocycles. The number of fused-ring (bicyclic) bond motifs is 1. The topological polar surface area (TPSA) is 35.6 Å². The van der Waals surface area contributed by atoms with E-state index < -0.39 is 0 Å². The second kappa shape index (κ2) is 8.13. The summed E-state index contributed by atoms with van der Waals surface area (Å²) in [4.78, 5) is 16.1. The van der Waals surface area contributed by atoms with Gasteiger partial charge in [0.25, 0.3) is 5.91 Å². The van der Waals surface area contributed by atoms with Crippen molar-refractivity contribution in [3.63, 3.8) is 0 Å². The van der Waals surface area contributed by atoms with E-state index in [-0.39, 0.29) is 5.91 Å². The van der Waals surface area contributed by atoms with Crippen LogP contribution >= 0.6 is 11.9 Å². The van der Waals surface area contributed by atoms with Crippen LogP contribution in [0, 0.1) is 0 Å². The average molecular weight is 378 g/mol. The molecule has 0 aliphatic carbocycles. The van der Waals surface area contributed by atoms with Gasteiger partial charge in [-0.15, -0.1) is 0 Å². The molecule has 0 radical (unpaired) electrons. The predicted molar refractivity (Wildman–Crippen MR) is 113 cm³/mol. The summed E-state index contributed by atoms with van der Waals surface area (Å²) in [5.74, 6) is -0.0831. The summed E-state index contributed by atoms with van der Waals surface area (Å²) in [5.41, 5.74) is 1.51. The van der Waals surface area contributed by atoms with Crippen LogP contribution in [0.3, 0.4) is 0 Å². The van der Waals surface area contributed by atoms with E-state index >= 15 is 0 Å². The van der Waals surface area contributed by atoms with Gasteiger partial charge in [-0.05, 0) is 48.6 Å². The minimum atomic E-state index is -0.0831. The molecule has 0 unspecified atom stereocenters. The van der Waals surface area contributed by atoms with E-state index in [2.05, 4.69) is 45.8 Å². The van der Waals surface area contributed by atoms with E-state index in [0.29, 0.717) is 5.56 Å². The lowest BCUT2D eigenvalue weighted by Gasteiger charge is -2.31. The SMILES string of the molecule is CN1CCN(Sc2ccc(NC(=O)c3ccccc3)c3ccccc23)CC1. The van der Waals surface area contributed by atoms with Crippen molar-refractivity contribution in [2.45, 2.75) is 4.90 Å². The molecule has 1 amide bonds. The number of rotatable bonds is 4. The Kier molecular flexibility index (Phi) is 5.43. The number of carbonyl (C=O) groups excluding carboxylic acids is 1.